The zero-order valence-electron chi connectivity index (χ0n) is 10.6. The van der Waals surface area contributed by atoms with Crippen LogP contribution in [0.4, 0.5) is 5.69 Å². The molecule has 1 unspecified atom stereocenters. The third-order valence-electron chi connectivity index (χ3n) is 2.98. The minimum absolute atomic E-state index is 0.0656. The van der Waals surface area contributed by atoms with Gasteiger partial charge in [0.25, 0.3) is 5.71 Å². The molecule has 0 saturated heterocycles. The van der Waals surface area contributed by atoms with Crippen molar-refractivity contribution in [2.75, 3.05) is 6.16 Å². The predicted molar refractivity (Wildman–Crippen MR) is 79.5 cm³/mol. The Kier molecular flexibility index (Phi) is 5.17. The van der Waals surface area contributed by atoms with Crippen LogP contribution in [0.2, 0.25) is 0 Å². The topological polar surface area (TPSA) is 69.0 Å². The Balaban J connectivity index is 2.28. The number of hydrogen-bond donors (Lipinski definition) is 1. The highest BCUT2D eigenvalue weighted by Gasteiger charge is 2.19. The molecule has 4 nitrogen and oxygen atoms in total. The molecule has 0 bridgehead atoms. The quantitative estimate of drug-likeness (QED) is 0.511. The van der Waals surface area contributed by atoms with Crippen molar-refractivity contribution in [1.29, 1.82) is 0 Å². The van der Waals surface area contributed by atoms with Gasteiger partial charge in [-0.05, 0) is 30.3 Å². The number of allylic oxidation sites excluding steroid dienone is 2. The van der Waals surface area contributed by atoms with Crippen LogP contribution in [-0.2, 0) is 0 Å². The summed E-state index contributed by atoms with van der Waals surface area (Å²) in [5.41, 5.74) is 12.6. The predicted octanol–water partition coefficient (Wildman–Crippen LogP) is 3.13. The van der Waals surface area contributed by atoms with Crippen molar-refractivity contribution in [3.05, 3.63) is 47.5 Å². The van der Waals surface area contributed by atoms with Crippen molar-refractivity contribution < 1.29 is 9.68 Å². The zero-order chi connectivity index (χ0) is 13.5. The molecule has 0 aromatic heterocycles. The van der Waals surface area contributed by atoms with E-state index in [4.69, 9.17) is 10.4 Å². The number of hydrogen-bond acceptors (Lipinski definition) is 2. The Labute approximate surface area is 114 Å². The molecule has 1 aromatic rings. The highest BCUT2D eigenvalue weighted by atomic mass is 31.1. The summed E-state index contributed by atoms with van der Waals surface area (Å²) < 4.78 is 0. The number of nitrogens with zero attached hydrogens (tertiary/aromatic N) is 3. The van der Waals surface area contributed by atoms with Crippen LogP contribution in [0.5, 0.6) is 0 Å². The molecule has 1 aliphatic carbocycles. The van der Waals surface area contributed by atoms with Crippen LogP contribution in [-0.4, -0.2) is 27.3 Å². The number of rotatable bonds is 4. The van der Waals surface area contributed by atoms with Gasteiger partial charge in [-0.3, -0.25) is 4.99 Å². The van der Waals surface area contributed by atoms with Crippen molar-refractivity contribution in [1.82, 2.24) is 0 Å². The first-order valence-electron chi connectivity index (χ1n) is 6.25. The lowest BCUT2D eigenvalue weighted by molar-refractivity contribution is -0.00629. The van der Waals surface area contributed by atoms with E-state index in [9.17, 15) is 0 Å². The van der Waals surface area contributed by atoms with E-state index in [0.717, 1.165) is 36.0 Å². The molecule has 1 aliphatic rings. The molecule has 5 heteroatoms. The van der Waals surface area contributed by atoms with Gasteiger partial charge >= 0.3 is 0 Å². The van der Waals surface area contributed by atoms with Gasteiger partial charge in [-0.1, -0.05) is 18.2 Å². The first kappa shape index (κ1) is 13.8. The van der Waals surface area contributed by atoms with Gasteiger partial charge < -0.3 is 10.4 Å². The average Bonchev–Trinajstić information content (AvgIpc) is 2.47. The van der Waals surface area contributed by atoms with Crippen LogP contribution in [0, 0.1) is 0 Å². The van der Waals surface area contributed by atoms with Gasteiger partial charge in [-0.25, -0.2) is 0 Å². The van der Waals surface area contributed by atoms with Gasteiger partial charge in [0.05, 0.1) is 12.1 Å². The van der Waals surface area contributed by atoms with Crippen molar-refractivity contribution in [2.45, 2.75) is 19.3 Å². The minimum atomic E-state index is -0.0656. The molecule has 0 spiro atoms. The lowest BCUT2D eigenvalue weighted by Crippen LogP contribution is -2.15. The summed E-state index contributed by atoms with van der Waals surface area (Å²) in [7, 11) is -0.0656. The summed E-state index contributed by atoms with van der Waals surface area (Å²) in [4.78, 5) is 16.9. The number of benzene rings is 1. The van der Waals surface area contributed by atoms with Crippen LogP contribution in [0.1, 0.15) is 19.3 Å². The minimum Gasteiger partial charge on any atom is -0.377 e. The molecule has 0 saturated carbocycles. The van der Waals surface area contributed by atoms with Gasteiger partial charge in [-0.15, -0.1) is 0 Å². The third kappa shape index (κ3) is 3.93. The fourth-order valence-electron chi connectivity index (χ4n) is 2.04. The van der Waals surface area contributed by atoms with Crippen molar-refractivity contribution in [2.24, 2.45) is 4.99 Å². The summed E-state index contributed by atoms with van der Waals surface area (Å²) in [5.74, 6) is 0. The maximum absolute atomic E-state index is 8.98. The Morgan fingerprint density at radius 2 is 2.05 bits per heavy atom. The number of para-hydroxylation sites is 1. The van der Waals surface area contributed by atoms with Gasteiger partial charge in [0.15, 0.2) is 0 Å². The molecule has 0 heterocycles. The Morgan fingerprint density at radius 1 is 1.26 bits per heavy atom. The second-order valence-corrected chi connectivity index (χ2v) is 5.13. The maximum Gasteiger partial charge on any atom is 0.292 e. The zero-order valence-corrected chi connectivity index (χ0v) is 11.6. The molecule has 0 radical (unpaired) electrons. The monoisotopic (exact) mass is 273 g/mol. The molecule has 98 valence electrons. The van der Waals surface area contributed by atoms with Gasteiger partial charge in [0.1, 0.15) is 0 Å². The van der Waals surface area contributed by atoms with Crippen molar-refractivity contribution >= 4 is 25.9 Å². The van der Waals surface area contributed by atoms with Gasteiger partial charge in [0.2, 0.25) is 0 Å². The summed E-state index contributed by atoms with van der Waals surface area (Å²) in [6, 6.07) is 9.81. The van der Waals surface area contributed by atoms with E-state index in [-0.39, 0.29) is 8.81 Å². The fourth-order valence-corrected chi connectivity index (χ4v) is 2.42. The summed E-state index contributed by atoms with van der Waals surface area (Å²) in [5, 5.41) is 0. The molecular weight excluding hydrogens is 257 g/mol. The standard InChI is InChI=1S/C14H16N3OP/c15-17-13-6-7-14(11(10-13)8-9-19-18)16-12-4-2-1-3-5-12/h1-5,10,18-19H,6-9H2. The largest absolute Gasteiger partial charge is 0.377 e. The highest BCUT2D eigenvalue weighted by Crippen LogP contribution is 2.22. The van der Waals surface area contributed by atoms with Crippen molar-refractivity contribution in [3.8, 4) is 0 Å². The second kappa shape index (κ2) is 7.10. The van der Waals surface area contributed by atoms with Crippen LogP contribution >= 0.6 is 8.81 Å². The van der Waals surface area contributed by atoms with Crippen molar-refractivity contribution in [3.63, 3.8) is 0 Å². The van der Waals surface area contributed by atoms with Crippen LogP contribution in [0.15, 0.2) is 47.0 Å². The van der Waals surface area contributed by atoms with Crippen LogP contribution < -0.4 is 0 Å². The molecule has 19 heavy (non-hydrogen) atoms. The highest BCUT2D eigenvalue weighted by molar-refractivity contribution is 7.31. The van der Waals surface area contributed by atoms with Gasteiger partial charge in [0, 0.05) is 27.0 Å². The molecule has 0 amide bonds. The lowest BCUT2D eigenvalue weighted by atomic mass is 9.94. The van der Waals surface area contributed by atoms with Gasteiger partial charge in [-0.2, -0.15) is 4.79 Å². The van der Waals surface area contributed by atoms with E-state index in [2.05, 4.69) is 9.78 Å². The molecule has 0 fully saturated rings. The first-order chi connectivity index (χ1) is 9.33. The Hall–Kier alpha value is -1.60. The average molecular weight is 273 g/mol. The van der Waals surface area contributed by atoms with E-state index < -0.39 is 0 Å². The van der Waals surface area contributed by atoms with Crippen LogP contribution in [0.3, 0.4) is 0 Å². The summed E-state index contributed by atoms with van der Waals surface area (Å²) in [6.45, 7) is 0. The van der Waals surface area contributed by atoms with E-state index >= 15 is 0 Å². The number of aliphatic imine (C=N–C) groups is 1. The first-order valence-corrected chi connectivity index (χ1v) is 7.40. The molecule has 1 atom stereocenters. The molecular formula is C14H16N3OP. The van der Waals surface area contributed by atoms with E-state index in [1.54, 1.807) is 0 Å². The molecule has 0 aliphatic heterocycles. The normalized spacial score (nSPS) is 17.8. The second-order valence-electron chi connectivity index (χ2n) is 4.31. The van der Waals surface area contributed by atoms with E-state index in [1.807, 2.05) is 36.4 Å². The fraction of sp³-hybridized carbons (Fsp3) is 0.286. The Bertz CT molecular complexity index is 545. The smallest absolute Gasteiger partial charge is 0.292 e. The third-order valence-corrected chi connectivity index (χ3v) is 3.46. The lowest BCUT2D eigenvalue weighted by Gasteiger charge is -2.13. The molecule has 2 rings (SSSR count). The molecule has 1 N–H and O–H groups in total. The van der Waals surface area contributed by atoms with E-state index in [0.29, 0.717) is 12.1 Å². The SMILES string of the molecule is [N-]=[N+]=C1C=C(CCPO)C(=Nc2ccccc2)CC1. The summed E-state index contributed by atoms with van der Waals surface area (Å²) in [6.07, 6.45) is 4.84. The van der Waals surface area contributed by atoms with Crippen LogP contribution in [0.25, 0.3) is 5.53 Å². The Morgan fingerprint density at radius 3 is 2.74 bits per heavy atom. The summed E-state index contributed by atoms with van der Waals surface area (Å²) >= 11 is 0. The van der Waals surface area contributed by atoms with E-state index in [1.165, 1.54) is 0 Å². The maximum atomic E-state index is 8.98. The molecule has 1 aromatic carbocycles.